The quantitative estimate of drug-likeness (QED) is 0.826. The monoisotopic (exact) mass is 278 g/mol. The van der Waals surface area contributed by atoms with Crippen molar-refractivity contribution >= 4 is 17.0 Å². The molecule has 2 N–H and O–H groups in total. The van der Waals surface area contributed by atoms with Gasteiger partial charge in [0.15, 0.2) is 0 Å². The number of unbranched alkanes of at least 4 members (excludes halogenated alkanes) is 1. The lowest BCUT2D eigenvalue weighted by molar-refractivity contribution is 0.266. The van der Waals surface area contributed by atoms with Crippen LogP contribution in [-0.4, -0.2) is 34.1 Å². The van der Waals surface area contributed by atoms with Crippen molar-refractivity contribution in [3.05, 3.63) is 24.0 Å². The molecule has 0 amide bonds. The number of nitrogens with zero attached hydrogens (tertiary/aromatic N) is 3. The van der Waals surface area contributed by atoms with Gasteiger partial charge in [-0.25, -0.2) is 9.37 Å². The number of anilines is 1. The van der Waals surface area contributed by atoms with Crippen LogP contribution in [0, 0.1) is 5.82 Å². The Morgan fingerprint density at radius 3 is 2.80 bits per heavy atom. The van der Waals surface area contributed by atoms with Crippen LogP contribution in [0.25, 0.3) is 11.0 Å². The second-order valence-electron chi connectivity index (χ2n) is 5.54. The third-order valence-corrected chi connectivity index (χ3v) is 3.76. The van der Waals surface area contributed by atoms with Crippen molar-refractivity contribution in [1.29, 1.82) is 0 Å². The van der Waals surface area contributed by atoms with E-state index in [1.165, 1.54) is 12.1 Å². The van der Waals surface area contributed by atoms with E-state index in [-0.39, 0.29) is 5.82 Å². The molecular weight excluding hydrogens is 255 g/mol. The van der Waals surface area contributed by atoms with Crippen LogP contribution < -0.4 is 5.73 Å². The summed E-state index contributed by atoms with van der Waals surface area (Å²) in [6.07, 6.45) is 2.09. The Morgan fingerprint density at radius 1 is 1.35 bits per heavy atom. The number of benzene rings is 1. The van der Waals surface area contributed by atoms with Gasteiger partial charge in [0.1, 0.15) is 5.82 Å². The Morgan fingerprint density at radius 2 is 2.10 bits per heavy atom. The van der Waals surface area contributed by atoms with E-state index in [1.807, 2.05) is 4.57 Å². The zero-order valence-electron chi connectivity index (χ0n) is 12.4. The molecule has 0 saturated carbocycles. The summed E-state index contributed by atoms with van der Waals surface area (Å²) in [5, 5.41) is 0. The number of aryl methyl sites for hydroxylation is 1. The Hall–Kier alpha value is -1.62. The molecule has 0 unspecified atom stereocenters. The first kappa shape index (κ1) is 14.8. The van der Waals surface area contributed by atoms with E-state index in [2.05, 4.69) is 30.8 Å². The van der Waals surface area contributed by atoms with E-state index in [9.17, 15) is 4.39 Å². The Bertz CT molecular complexity index is 577. The number of hydrogen-bond acceptors (Lipinski definition) is 3. The van der Waals surface area contributed by atoms with Gasteiger partial charge in [0.25, 0.3) is 0 Å². The zero-order chi connectivity index (χ0) is 14.7. The van der Waals surface area contributed by atoms with Gasteiger partial charge in [-0.15, -0.1) is 0 Å². The van der Waals surface area contributed by atoms with E-state index in [0.717, 1.165) is 37.0 Å². The molecule has 1 aromatic heterocycles. The molecule has 0 aliphatic rings. The van der Waals surface area contributed by atoms with E-state index in [0.29, 0.717) is 12.0 Å². The van der Waals surface area contributed by atoms with E-state index < -0.39 is 0 Å². The average Bonchev–Trinajstić information content (AvgIpc) is 2.70. The molecule has 0 atom stereocenters. The Labute approximate surface area is 119 Å². The largest absolute Gasteiger partial charge is 0.369 e. The molecule has 0 radical (unpaired) electrons. The maximum absolute atomic E-state index is 13.3. The third-order valence-electron chi connectivity index (χ3n) is 3.76. The molecule has 4 nitrogen and oxygen atoms in total. The second-order valence-corrected chi connectivity index (χ2v) is 5.54. The number of nitrogen functional groups attached to an aromatic ring is 1. The third kappa shape index (κ3) is 3.28. The lowest BCUT2D eigenvalue weighted by Crippen LogP contribution is -2.27. The lowest BCUT2D eigenvalue weighted by Gasteiger charge is -2.20. The fourth-order valence-electron chi connectivity index (χ4n) is 2.24. The van der Waals surface area contributed by atoms with E-state index >= 15 is 0 Å². The van der Waals surface area contributed by atoms with Crippen molar-refractivity contribution < 1.29 is 4.39 Å². The fourth-order valence-corrected chi connectivity index (χ4v) is 2.24. The van der Waals surface area contributed by atoms with Crippen LogP contribution in [0.1, 0.15) is 26.7 Å². The number of fused-ring (bicyclic) bond motifs is 1. The van der Waals surface area contributed by atoms with Crippen molar-refractivity contribution in [3.8, 4) is 0 Å². The van der Waals surface area contributed by atoms with Crippen molar-refractivity contribution in [2.45, 2.75) is 39.3 Å². The van der Waals surface area contributed by atoms with Gasteiger partial charge in [0.2, 0.25) is 5.95 Å². The van der Waals surface area contributed by atoms with Gasteiger partial charge < -0.3 is 15.2 Å². The molecule has 0 saturated heterocycles. The van der Waals surface area contributed by atoms with E-state index in [4.69, 9.17) is 5.73 Å². The van der Waals surface area contributed by atoms with Gasteiger partial charge in [-0.05, 0) is 58.5 Å². The maximum Gasteiger partial charge on any atom is 0.201 e. The number of nitrogens with two attached hydrogens (primary N) is 1. The molecule has 0 aliphatic carbocycles. The molecule has 2 aromatic rings. The van der Waals surface area contributed by atoms with Crippen LogP contribution in [0.4, 0.5) is 10.3 Å². The molecule has 1 heterocycles. The summed E-state index contributed by atoms with van der Waals surface area (Å²) in [5.74, 6) is 0.209. The molecule has 0 spiro atoms. The highest BCUT2D eigenvalue weighted by Crippen LogP contribution is 2.19. The number of imidazole rings is 1. The molecular formula is C15H23FN4. The van der Waals surface area contributed by atoms with Crippen LogP contribution in [0.3, 0.4) is 0 Å². The van der Waals surface area contributed by atoms with Crippen LogP contribution in [0.5, 0.6) is 0 Å². The molecule has 110 valence electrons. The van der Waals surface area contributed by atoms with Crippen molar-refractivity contribution in [2.75, 3.05) is 19.3 Å². The first-order valence-electron chi connectivity index (χ1n) is 7.10. The summed E-state index contributed by atoms with van der Waals surface area (Å²) in [7, 11) is 2.13. The van der Waals surface area contributed by atoms with Crippen molar-refractivity contribution in [1.82, 2.24) is 14.5 Å². The average molecular weight is 278 g/mol. The maximum atomic E-state index is 13.3. The van der Waals surface area contributed by atoms with Gasteiger partial charge >= 0.3 is 0 Å². The van der Waals surface area contributed by atoms with E-state index in [1.54, 1.807) is 6.07 Å². The molecule has 0 aliphatic heterocycles. The second kappa shape index (κ2) is 6.22. The van der Waals surface area contributed by atoms with Crippen LogP contribution >= 0.6 is 0 Å². The van der Waals surface area contributed by atoms with Gasteiger partial charge in [0.05, 0.1) is 11.0 Å². The minimum absolute atomic E-state index is 0.252. The number of rotatable bonds is 6. The molecule has 2 rings (SSSR count). The topological polar surface area (TPSA) is 47.1 Å². The summed E-state index contributed by atoms with van der Waals surface area (Å²) in [6, 6.07) is 5.14. The molecule has 20 heavy (non-hydrogen) atoms. The van der Waals surface area contributed by atoms with Gasteiger partial charge in [0, 0.05) is 12.6 Å². The number of hydrogen-bond donors (Lipinski definition) is 1. The smallest absolute Gasteiger partial charge is 0.201 e. The predicted octanol–water partition coefficient (Wildman–Crippen LogP) is 2.88. The number of aromatic nitrogens is 2. The minimum Gasteiger partial charge on any atom is -0.369 e. The van der Waals surface area contributed by atoms with Crippen LogP contribution in [-0.2, 0) is 6.54 Å². The van der Waals surface area contributed by atoms with Gasteiger partial charge in [-0.2, -0.15) is 0 Å². The summed E-state index contributed by atoms with van der Waals surface area (Å²) in [6.45, 7) is 6.20. The minimum atomic E-state index is -0.252. The fraction of sp³-hybridized carbons (Fsp3) is 0.533. The summed E-state index contributed by atoms with van der Waals surface area (Å²) in [5.41, 5.74) is 7.44. The van der Waals surface area contributed by atoms with Gasteiger partial charge in [-0.1, -0.05) is 0 Å². The lowest BCUT2D eigenvalue weighted by atomic mass is 10.2. The van der Waals surface area contributed by atoms with Crippen molar-refractivity contribution in [3.63, 3.8) is 0 Å². The highest BCUT2D eigenvalue weighted by molar-refractivity contribution is 5.78. The Kier molecular flexibility index (Phi) is 4.60. The van der Waals surface area contributed by atoms with Crippen LogP contribution in [0.15, 0.2) is 18.2 Å². The van der Waals surface area contributed by atoms with Crippen molar-refractivity contribution in [2.24, 2.45) is 0 Å². The molecule has 1 aromatic carbocycles. The molecule has 0 fully saturated rings. The summed E-state index contributed by atoms with van der Waals surface area (Å²) in [4.78, 5) is 6.57. The normalized spacial score (nSPS) is 11.9. The number of halogens is 1. The summed E-state index contributed by atoms with van der Waals surface area (Å²) >= 11 is 0. The van der Waals surface area contributed by atoms with Crippen LogP contribution in [0.2, 0.25) is 0 Å². The Balaban J connectivity index is 1.99. The van der Waals surface area contributed by atoms with Gasteiger partial charge in [-0.3, -0.25) is 0 Å². The highest BCUT2D eigenvalue weighted by Gasteiger charge is 2.09. The molecule has 0 bridgehead atoms. The highest BCUT2D eigenvalue weighted by atomic mass is 19.1. The first-order valence-corrected chi connectivity index (χ1v) is 7.10. The zero-order valence-corrected chi connectivity index (χ0v) is 12.4. The SMILES string of the molecule is CC(C)N(C)CCCCn1c(N)nc2ccc(F)cc21. The first-order chi connectivity index (χ1) is 9.49. The molecule has 5 heteroatoms. The predicted molar refractivity (Wildman–Crippen MR) is 81.1 cm³/mol. The standard InChI is InChI=1S/C15H23FN4/c1-11(2)19(3)8-4-5-9-20-14-10-12(16)6-7-13(14)18-15(20)17/h6-7,10-11H,4-5,8-9H2,1-3H3,(H2,17,18). The summed E-state index contributed by atoms with van der Waals surface area (Å²) < 4.78 is 15.2.